The largest absolute Gasteiger partial charge is 0.465 e. The van der Waals surface area contributed by atoms with E-state index in [1.165, 1.54) is 28.5 Å². The molecule has 7 heteroatoms. The van der Waals surface area contributed by atoms with Crippen molar-refractivity contribution in [1.82, 2.24) is 10.2 Å². The smallest absolute Gasteiger partial charge is 0.250 e. The van der Waals surface area contributed by atoms with Crippen molar-refractivity contribution in [3.8, 4) is 0 Å². The Hall–Kier alpha value is -2.38. The minimum absolute atomic E-state index is 0.266. The number of thioether (sulfide) groups is 1. The second-order valence-electron chi connectivity index (χ2n) is 4.99. The Bertz CT molecular complexity index is 824. The van der Waals surface area contributed by atoms with Gasteiger partial charge in [0.1, 0.15) is 5.76 Å². The normalized spacial score (nSPS) is 11.0. The van der Waals surface area contributed by atoms with Gasteiger partial charge in [-0.15, -0.1) is 10.2 Å². The fourth-order valence-corrected chi connectivity index (χ4v) is 3.55. The maximum absolute atomic E-state index is 11.8. The number of hydrogen-bond donors (Lipinski definition) is 1. The summed E-state index contributed by atoms with van der Waals surface area (Å²) in [7, 11) is 0. The molecular weight excluding hydrogens is 342 g/mol. The van der Waals surface area contributed by atoms with E-state index in [1.54, 1.807) is 36.2 Å². The number of rotatable bonds is 6. The highest BCUT2D eigenvalue weighted by atomic mass is 32.2. The second-order valence-corrected chi connectivity index (χ2v) is 7.19. The number of benzene rings is 1. The molecule has 3 rings (SSSR count). The van der Waals surface area contributed by atoms with Crippen molar-refractivity contribution in [1.29, 1.82) is 0 Å². The summed E-state index contributed by atoms with van der Waals surface area (Å²) in [5.74, 6) is 1.18. The average molecular weight is 357 g/mol. The third kappa shape index (κ3) is 4.81. The Labute approximate surface area is 147 Å². The molecule has 0 aliphatic rings. The molecule has 0 fully saturated rings. The van der Waals surface area contributed by atoms with E-state index < -0.39 is 0 Å². The van der Waals surface area contributed by atoms with Crippen molar-refractivity contribution in [3.63, 3.8) is 0 Å². The molecule has 2 heterocycles. The van der Waals surface area contributed by atoms with Crippen LogP contribution in [0.1, 0.15) is 16.9 Å². The van der Waals surface area contributed by atoms with Gasteiger partial charge >= 0.3 is 0 Å². The van der Waals surface area contributed by atoms with Crippen LogP contribution in [-0.2, 0) is 10.5 Å². The maximum Gasteiger partial charge on any atom is 0.250 e. The predicted octanol–water partition coefficient (Wildman–Crippen LogP) is 4.38. The summed E-state index contributed by atoms with van der Waals surface area (Å²) in [4.78, 5) is 11.8. The van der Waals surface area contributed by atoms with Crippen LogP contribution in [0.2, 0.25) is 0 Å². The van der Waals surface area contributed by atoms with E-state index in [4.69, 9.17) is 4.42 Å². The molecule has 0 spiro atoms. The third-order valence-corrected chi connectivity index (χ3v) is 5.10. The summed E-state index contributed by atoms with van der Waals surface area (Å²) < 4.78 is 5.94. The molecule has 2 aromatic heterocycles. The number of anilines is 1. The van der Waals surface area contributed by atoms with Crippen LogP contribution < -0.4 is 5.32 Å². The van der Waals surface area contributed by atoms with E-state index in [1.807, 2.05) is 0 Å². The van der Waals surface area contributed by atoms with Crippen LogP contribution >= 0.6 is 23.1 Å². The van der Waals surface area contributed by atoms with Crippen LogP contribution in [0.4, 0.5) is 5.13 Å². The van der Waals surface area contributed by atoms with Crippen LogP contribution in [0.15, 0.2) is 57.5 Å². The molecule has 0 aliphatic heterocycles. The van der Waals surface area contributed by atoms with E-state index in [0.717, 1.165) is 10.1 Å². The zero-order valence-electron chi connectivity index (χ0n) is 12.9. The number of aryl methyl sites for hydroxylation is 1. The number of hydrogen-bond acceptors (Lipinski definition) is 6. The molecule has 5 nitrogen and oxygen atoms in total. The van der Waals surface area contributed by atoms with Gasteiger partial charge in [0.2, 0.25) is 11.0 Å². The number of furan rings is 1. The Morgan fingerprint density at radius 3 is 2.88 bits per heavy atom. The highest BCUT2D eigenvalue weighted by Crippen LogP contribution is 2.28. The van der Waals surface area contributed by atoms with Gasteiger partial charge in [0.15, 0.2) is 4.34 Å². The van der Waals surface area contributed by atoms with E-state index >= 15 is 0 Å². The third-order valence-electron chi connectivity index (χ3n) is 3.06. The summed E-state index contributed by atoms with van der Waals surface area (Å²) in [5, 5.41) is 11.2. The molecule has 0 atom stereocenters. The average Bonchev–Trinajstić information content (AvgIpc) is 3.24. The molecule has 24 heavy (non-hydrogen) atoms. The van der Waals surface area contributed by atoms with Gasteiger partial charge in [0.05, 0.1) is 6.26 Å². The molecule has 1 N–H and O–H groups in total. The minimum atomic E-state index is -0.266. The maximum atomic E-state index is 11.8. The predicted molar refractivity (Wildman–Crippen MR) is 97.0 cm³/mol. The van der Waals surface area contributed by atoms with Crippen LogP contribution in [0.25, 0.3) is 6.08 Å². The fraction of sp³-hybridized carbons (Fsp3) is 0.118. The van der Waals surface area contributed by atoms with Gasteiger partial charge in [-0.05, 0) is 30.7 Å². The number of amides is 1. The number of nitrogens with one attached hydrogen (secondary N) is 1. The zero-order valence-corrected chi connectivity index (χ0v) is 14.6. The van der Waals surface area contributed by atoms with Crippen molar-refractivity contribution in [2.45, 2.75) is 17.0 Å². The lowest BCUT2D eigenvalue weighted by atomic mass is 10.2. The van der Waals surface area contributed by atoms with Crippen LogP contribution in [0, 0.1) is 6.92 Å². The van der Waals surface area contributed by atoms with Crippen LogP contribution in [-0.4, -0.2) is 16.1 Å². The highest BCUT2D eigenvalue weighted by Gasteiger charge is 2.07. The van der Waals surface area contributed by atoms with E-state index in [0.29, 0.717) is 10.9 Å². The van der Waals surface area contributed by atoms with Crippen molar-refractivity contribution >= 4 is 40.2 Å². The summed E-state index contributed by atoms with van der Waals surface area (Å²) in [6.45, 7) is 2.07. The lowest BCUT2D eigenvalue weighted by Crippen LogP contribution is -2.07. The first-order chi connectivity index (χ1) is 11.7. The topological polar surface area (TPSA) is 68.0 Å². The van der Waals surface area contributed by atoms with Crippen molar-refractivity contribution < 1.29 is 9.21 Å². The van der Waals surface area contributed by atoms with Gasteiger partial charge in [0.25, 0.3) is 0 Å². The van der Waals surface area contributed by atoms with Crippen LogP contribution in [0.5, 0.6) is 0 Å². The molecule has 122 valence electrons. The van der Waals surface area contributed by atoms with Gasteiger partial charge in [-0.1, -0.05) is 52.9 Å². The van der Waals surface area contributed by atoms with Crippen molar-refractivity contribution in [2.24, 2.45) is 0 Å². The number of aromatic nitrogens is 2. The molecule has 0 bridgehead atoms. The Morgan fingerprint density at radius 1 is 1.29 bits per heavy atom. The summed E-state index contributed by atoms with van der Waals surface area (Å²) in [6.07, 6.45) is 4.56. The molecule has 0 radical (unpaired) electrons. The molecule has 1 aromatic carbocycles. The van der Waals surface area contributed by atoms with Gasteiger partial charge in [-0.25, -0.2) is 0 Å². The zero-order chi connectivity index (χ0) is 16.8. The van der Waals surface area contributed by atoms with Crippen molar-refractivity contribution in [3.05, 3.63) is 65.6 Å². The van der Waals surface area contributed by atoms with Gasteiger partial charge < -0.3 is 4.42 Å². The SMILES string of the molecule is Cc1ccc(CSc2nnc(NC(=O)/C=C/c3ccco3)s2)cc1. The Kier molecular flexibility index (Phi) is 5.45. The lowest BCUT2D eigenvalue weighted by molar-refractivity contribution is -0.111. The number of carbonyl (C=O) groups excluding carboxylic acids is 1. The molecular formula is C17H15N3O2S2. The molecule has 0 saturated heterocycles. The first-order valence-corrected chi connectivity index (χ1v) is 9.04. The van der Waals surface area contributed by atoms with Crippen LogP contribution in [0.3, 0.4) is 0 Å². The van der Waals surface area contributed by atoms with E-state index in [-0.39, 0.29) is 5.91 Å². The van der Waals surface area contributed by atoms with E-state index in [2.05, 4.69) is 46.7 Å². The highest BCUT2D eigenvalue weighted by molar-refractivity contribution is 8.00. The molecule has 1 amide bonds. The number of nitrogens with zero attached hydrogens (tertiary/aromatic N) is 2. The summed E-state index contributed by atoms with van der Waals surface area (Å²) in [5.41, 5.74) is 2.47. The first kappa shape index (κ1) is 16.5. The van der Waals surface area contributed by atoms with E-state index in [9.17, 15) is 4.79 Å². The molecule has 3 aromatic rings. The summed E-state index contributed by atoms with van der Waals surface area (Å²) in [6, 6.07) is 11.9. The monoisotopic (exact) mass is 357 g/mol. The quantitative estimate of drug-likeness (QED) is 0.403. The first-order valence-electron chi connectivity index (χ1n) is 7.23. The Morgan fingerprint density at radius 2 is 2.12 bits per heavy atom. The molecule has 0 aliphatic carbocycles. The molecule has 0 unspecified atom stereocenters. The lowest BCUT2D eigenvalue weighted by Gasteiger charge is -1.99. The fourth-order valence-electron chi connectivity index (χ4n) is 1.84. The number of carbonyl (C=O) groups is 1. The summed E-state index contributed by atoms with van der Waals surface area (Å²) >= 11 is 2.96. The minimum Gasteiger partial charge on any atom is -0.465 e. The second kappa shape index (κ2) is 7.94. The molecule has 0 saturated carbocycles. The van der Waals surface area contributed by atoms with Crippen molar-refractivity contribution in [2.75, 3.05) is 5.32 Å². The standard InChI is InChI=1S/C17H15N3O2S2/c1-12-4-6-13(7-5-12)11-23-17-20-19-16(24-17)18-15(21)9-8-14-3-2-10-22-14/h2-10H,11H2,1H3,(H,18,19,21)/b9-8+. The van der Waals surface area contributed by atoms with Gasteiger partial charge in [-0.3, -0.25) is 10.1 Å². The van der Waals surface area contributed by atoms with Gasteiger partial charge in [0, 0.05) is 11.8 Å². The Balaban J connectivity index is 1.51. The van der Waals surface area contributed by atoms with Gasteiger partial charge in [-0.2, -0.15) is 0 Å².